The molecule has 0 radical (unpaired) electrons. The molecule has 1 amide bonds. The van der Waals surface area contributed by atoms with Crippen LogP contribution in [0.25, 0.3) is 0 Å². The number of hydrogen-bond acceptors (Lipinski definition) is 1. The number of rotatable bonds is 1. The molecule has 1 heterocycles. The lowest BCUT2D eigenvalue weighted by Crippen LogP contribution is -2.37. The molecule has 0 fully saturated rings. The van der Waals surface area contributed by atoms with Gasteiger partial charge in [-0.25, -0.2) is 4.39 Å². The molecule has 1 N–H and O–H groups in total. The van der Waals surface area contributed by atoms with E-state index in [0.29, 0.717) is 6.42 Å². The van der Waals surface area contributed by atoms with Crippen LogP contribution in [0.15, 0.2) is 11.9 Å². The molecule has 0 aliphatic carbocycles. The quantitative estimate of drug-likeness (QED) is 0.586. The molecule has 2 nitrogen and oxygen atoms in total. The van der Waals surface area contributed by atoms with Gasteiger partial charge in [-0.3, -0.25) is 4.79 Å². The molecule has 1 atom stereocenters. The maximum Gasteiger partial charge on any atom is 0.279 e. The van der Waals surface area contributed by atoms with E-state index in [0.717, 1.165) is 6.42 Å². The summed E-state index contributed by atoms with van der Waals surface area (Å²) in [5.74, 6) is -1.22. The first kappa shape index (κ1) is 7.25. The zero-order valence-corrected chi connectivity index (χ0v) is 5.86. The van der Waals surface area contributed by atoms with Crippen molar-refractivity contribution in [2.75, 3.05) is 0 Å². The lowest BCUT2D eigenvalue weighted by atomic mass is 10.1. The van der Waals surface area contributed by atoms with Crippen LogP contribution in [0.2, 0.25) is 0 Å². The molecular formula is C7H10FNO. The maximum atomic E-state index is 12.3. The van der Waals surface area contributed by atoms with Gasteiger partial charge in [0.1, 0.15) is 0 Å². The third kappa shape index (κ3) is 1.35. The van der Waals surface area contributed by atoms with E-state index in [9.17, 15) is 9.18 Å². The predicted molar refractivity (Wildman–Crippen MR) is 36.0 cm³/mol. The number of carbonyl (C=O) groups excluding carboxylic acids is 1. The Hall–Kier alpha value is -0.860. The Labute approximate surface area is 59.1 Å². The molecule has 0 saturated heterocycles. The summed E-state index contributed by atoms with van der Waals surface area (Å²) in [5, 5.41) is 2.53. The molecule has 10 heavy (non-hydrogen) atoms. The second-order valence-electron chi connectivity index (χ2n) is 2.37. The normalized spacial score (nSPS) is 25.6. The number of halogens is 1. The van der Waals surface area contributed by atoms with Gasteiger partial charge in [0.2, 0.25) is 0 Å². The summed E-state index contributed by atoms with van der Waals surface area (Å²) >= 11 is 0. The number of amides is 1. The van der Waals surface area contributed by atoms with Gasteiger partial charge in [-0.1, -0.05) is 6.92 Å². The summed E-state index contributed by atoms with van der Waals surface area (Å²) in [5.41, 5.74) is 0. The van der Waals surface area contributed by atoms with Crippen LogP contribution in [0, 0.1) is 0 Å². The maximum absolute atomic E-state index is 12.3. The van der Waals surface area contributed by atoms with Crippen LogP contribution in [-0.4, -0.2) is 11.9 Å². The van der Waals surface area contributed by atoms with Crippen LogP contribution >= 0.6 is 0 Å². The fourth-order valence-electron chi connectivity index (χ4n) is 0.920. The first-order chi connectivity index (χ1) is 4.74. The molecule has 1 aliphatic rings. The summed E-state index contributed by atoms with van der Waals surface area (Å²) < 4.78 is 12.3. The van der Waals surface area contributed by atoms with Crippen molar-refractivity contribution in [1.29, 1.82) is 0 Å². The first-order valence-electron chi connectivity index (χ1n) is 3.40. The minimum atomic E-state index is -0.648. The molecule has 0 spiro atoms. The zero-order valence-electron chi connectivity index (χ0n) is 5.86. The third-order valence-corrected chi connectivity index (χ3v) is 1.63. The smallest absolute Gasteiger partial charge is 0.279 e. The van der Waals surface area contributed by atoms with Gasteiger partial charge in [-0.05, 0) is 18.9 Å². The second kappa shape index (κ2) is 2.82. The van der Waals surface area contributed by atoms with Gasteiger partial charge >= 0.3 is 0 Å². The molecule has 56 valence electrons. The standard InChI is InChI=1S/C7H10FNO/c1-2-5-3-4-6(8)7(10)9-5/h4-5H,2-3H2,1H3,(H,9,10). The van der Waals surface area contributed by atoms with Gasteiger partial charge in [-0.2, -0.15) is 0 Å². The Morgan fingerprint density at radius 3 is 3.10 bits per heavy atom. The van der Waals surface area contributed by atoms with Crippen LogP contribution in [0.5, 0.6) is 0 Å². The number of carbonyl (C=O) groups is 1. The molecule has 1 rings (SSSR count). The molecular weight excluding hydrogens is 133 g/mol. The highest BCUT2D eigenvalue weighted by molar-refractivity contribution is 5.92. The van der Waals surface area contributed by atoms with Crippen LogP contribution < -0.4 is 5.32 Å². The van der Waals surface area contributed by atoms with Gasteiger partial charge in [0.15, 0.2) is 5.83 Å². The molecule has 0 aromatic carbocycles. The van der Waals surface area contributed by atoms with E-state index < -0.39 is 11.7 Å². The fourth-order valence-corrected chi connectivity index (χ4v) is 0.920. The SMILES string of the molecule is CCC1CC=C(F)C(=O)N1. The predicted octanol–water partition coefficient (Wildman–Crippen LogP) is 1.14. The third-order valence-electron chi connectivity index (χ3n) is 1.63. The molecule has 0 saturated carbocycles. The summed E-state index contributed by atoms with van der Waals surface area (Å²) in [6.07, 6.45) is 2.82. The Morgan fingerprint density at radius 2 is 2.60 bits per heavy atom. The van der Waals surface area contributed by atoms with Crippen molar-refractivity contribution in [2.24, 2.45) is 0 Å². The van der Waals surface area contributed by atoms with Gasteiger partial charge in [0, 0.05) is 6.04 Å². The van der Waals surface area contributed by atoms with Crippen molar-refractivity contribution in [3.8, 4) is 0 Å². The fraction of sp³-hybridized carbons (Fsp3) is 0.571. The van der Waals surface area contributed by atoms with E-state index in [2.05, 4.69) is 5.32 Å². The van der Waals surface area contributed by atoms with Crippen molar-refractivity contribution in [3.05, 3.63) is 11.9 Å². The molecule has 0 aromatic rings. The highest BCUT2D eigenvalue weighted by Crippen LogP contribution is 2.10. The van der Waals surface area contributed by atoms with Crippen molar-refractivity contribution >= 4 is 5.91 Å². The van der Waals surface area contributed by atoms with E-state index in [1.807, 2.05) is 6.92 Å². The van der Waals surface area contributed by atoms with Gasteiger partial charge in [0.05, 0.1) is 0 Å². The Kier molecular flexibility index (Phi) is 2.04. The largest absolute Gasteiger partial charge is 0.347 e. The topological polar surface area (TPSA) is 29.1 Å². The van der Waals surface area contributed by atoms with E-state index in [1.165, 1.54) is 6.08 Å². The second-order valence-corrected chi connectivity index (χ2v) is 2.37. The van der Waals surface area contributed by atoms with Gasteiger partial charge < -0.3 is 5.32 Å². The average Bonchev–Trinajstić information content (AvgIpc) is 1.95. The van der Waals surface area contributed by atoms with Crippen molar-refractivity contribution < 1.29 is 9.18 Å². The van der Waals surface area contributed by atoms with Gasteiger partial charge in [0.25, 0.3) is 5.91 Å². The molecule has 1 unspecified atom stereocenters. The van der Waals surface area contributed by atoms with Crippen molar-refractivity contribution in [1.82, 2.24) is 5.32 Å². The Balaban J connectivity index is 2.59. The van der Waals surface area contributed by atoms with Crippen molar-refractivity contribution in [3.63, 3.8) is 0 Å². The number of hydrogen-bond donors (Lipinski definition) is 1. The minimum Gasteiger partial charge on any atom is -0.347 e. The Morgan fingerprint density at radius 1 is 1.90 bits per heavy atom. The van der Waals surface area contributed by atoms with E-state index >= 15 is 0 Å². The van der Waals surface area contributed by atoms with E-state index in [1.54, 1.807) is 0 Å². The molecule has 1 aliphatic heterocycles. The van der Waals surface area contributed by atoms with Crippen LogP contribution in [-0.2, 0) is 4.79 Å². The van der Waals surface area contributed by atoms with Gasteiger partial charge in [-0.15, -0.1) is 0 Å². The monoisotopic (exact) mass is 143 g/mol. The first-order valence-corrected chi connectivity index (χ1v) is 3.40. The lowest BCUT2D eigenvalue weighted by molar-refractivity contribution is -0.120. The van der Waals surface area contributed by atoms with Crippen LogP contribution in [0.4, 0.5) is 4.39 Å². The highest BCUT2D eigenvalue weighted by Gasteiger charge is 2.18. The summed E-state index contributed by atoms with van der Waals surface area (Å²) in [6, 6.07) is 0.131. The lowest BCUT2D eigenvalue weighted by Gasteiger charge is -2.18. The zero-order chi connectivity index (χ0) is 7.56. The van der Waals surface area contributed by atoms with Crippen LogP contribution in [0.1, 0.15) is 19.8 Å². The van der Waals surface area contributed by atoms with Crippen LogP contribution in [0.3, 0.4) is 0 Å². The van der Waals surface area contributed by atoms with Crippen molar-refractivity contribution in [2.45, 2.75) is 25.8 Å². The van der Waals surface area contributed by atoms with E-state index in [-0.39, 0.29) is 6.04 Å². The summed E-state index contributed by atoms with van der Waals surface area (Å²) in [4.78, 5) is 10.6. The highest BCUT2D eigenvalue weighted by atomic mass is 19.1. The summed E-state index contributed by atoms with van der Waals surface area (Å²) in [6.45, 7) is 1.96. The minimum absolute atomic E-state index is 0.131. The Bertz CT molecular complexity index is 176. The van der Waals surface area contributed by atoms with E-state index in [4.69, 9.17) is 0 Å². The summed E-state index contributed by atoms with van der Waals surface area (Å²) in [7, 11) is 0. The molecule has 0 aromatic heterocycles. The average molecular weight is 143 g/mol. The molecule has 3 heteroatoms. The molecule has 0 bridgehead atoms. The number of nitrogens with one attached hydrogen (secondary N) is 1.